The van der Waals surface area contributed by atoms with Gasteiger partial charge in [-0.2, -0.15) is 17.4 Å². The van der Waals surface area contributed by atoms with Gasteiger partial charge in [0, 0.05) is 25.2 Å². The molecule has 0 aliphatic carbocycles. The molecule has 1 aliphatic rings. The zero-order valence-electron chi connectivity index (χ0n) is 11.9. The average molecular weight is 277 g/mol. The van der Waals surface area contributed by atoms with E-state index in [9.17, 15) is 8.42 Å². The van der Waals surface area contributed by atoms with E-state index in [0.29, 0.717) is 12.5 Å². The molecule has 0 aromatic carbocycles. The first-order valence-electron chi connectivity index (χ1n) is 6.82. The fourth-order valence-electron chi connectivity index (χ4n) is 2.17. The zero-order chi connectivity index (χ0) is 13.8. The van der Waals surface area contributed by atoms with Gasteiger partial charge in [-0.05, 0) is 32.7 Å². The third-order valence-electron chi connectivity index (χ3n) is 3.66. The molecule has 1 rings (SSSR count). The largest absolute Gasteiger partial charge is 0.318 e. The van der Waals surface area contributed by atoms with Crippen LogP contribution in [0.3, 0.4) is 0 Å². The van der Waals surface area contributed by atoms with E-state index in [0.717, 1.165) is 25.8 Å². The van der Waals surface area contributed by atoms with Crippen molar-refractivity contribution in [3.05, 3.63) is 0 Å². The molecule has 2 N–H and O–H groups in total. The fourth-order valence-corrected chi connectivity index (χ4v) is 3.99. The fraction of sp³-hybridized carbons (Fsp3) is 1.00. The first-order chi connectivity index (χ1) is 8.38. The van der Waals surface area contributed by atoms with Gasteiger partial charge in [0.05, 0.1) is 0 Å². The van der Waals surface area contributed by atoms with Gasteiger partial charge in [0.15, 0.2) is 0 Å². The molecule has 2 atom stereocenters. The lowest BCUT2D eigenvalue weighted by Crippen LogP contribution is -2.54. The lowest BCUT2D eigenvalue weighted by molar-refractivity contribution is 0.243. The molecule has 6 heteroatoms. The van der Waals surface area contributed by atoms with Gasteiger partial charge in [0.25, 0.3) is 10.2 Å². The van der Waals surface area contributed by atoms with Gasteiger partial charge in [0.1, 0.15) is 0 Å². The van der Waals surface area contributed by atoms with E-state index in [4.69, 9.17) is 0 Å². The third-order valence-corrected chi connectivity index (χ3v) is 5.42. The van der Waals surface area contributed by atoms with E-state index >= 15 is 0 Å². The number of rotatable bonds is 6. The molecule has 0 bridgehead atoms. The Balaban J connectivity index is 2.74. The average Bonchev–Trinajstić information content (AvgIpc) is 2.29. The molecule has 0 saturated carbocycles. The number of piperidine rings is 1. The molecular weight excluding hydrogens is 250 g/mol. The highest BCUT2D eigenvalue weighted by molar-refractivity contribution is 7.87. The number of hydrogen-bond acceptors (Lipinski definition) is 3. The van der Waals surface area contributed by atoms with Crippen LogP contribution in [0.25, 0.3) is 0 Å². The second kappa shape index (κ2) is 6.84. The van der Waals surface area contributed by atoms with Crippen LogP contribution in [0, 0.1) is 5.92 Å². The van der Waals surface area contributed by atoms with Crippen molar-refractivity contribution < 1.29 is 8.42 Å². The summed E-state index contributed by atoms with van der Waals surface area (Å²) < 4.78 is 29.2. The molecule has 0 radical (unpaired) electrons. The Kier molecular flexibility index (Phi) is 6.04. The van der Waals surface area contributed by atoms with E-state index in [1.165, 1.54) is 0 Å². The molecule has 108 valence electrons. The number of hydrogen-bond donors (Lipinski definition) is 2. The second-order valence-corrected chi connectivity index (χ2v) is 7.13. The van der Waals surface area contributed by atoms with E-state index in [-0.39, 0.29) is 12.1 Å². The summed E-state index contributed by atoms with van der Waals surface area (Å²) >= 11 is 0. The highest BCUT2D eigenvalue weighted by Crippen LogP contribution is 2.20. The Bertz CT molecular complexity index is 341. The Hall–Kier alpha value is -0.170. The second-order valence-electron chi connectivity index (χ2n) is 5.47. The topological polar surface area (TPSA) is 61.4 Å². The van der Waals surface area contributed by atoms with E-state index in [1.54, 1.807) is 4.31 Å². The van der Waals surface area contributed by atoms with Crippen LogP contribution in [0.2, 0.25) is 0 Å². The van der Waals surface area contributed by atoms with Crippen molar-refractivity contribution >= 4 is 10.2 Å². The predicted octanol–water partition coefficient (Wildman–Crippen LogP) is 0.939. The molecule has 0 aromatic heterocycles. The summed E-state index contributed by atoms with van der Waals surface area (Å²) in [6.07, 6.45) is 3.01. The van der Waals surface area contributed by atoms with Crippen molar-refractivity contribution in [2.45, 2.75) is 52.1 Å². The van der Waals surface area contributed by atoms with Crippen molar-refractivity contribution in [3.8, 4) is 0 Å². The molecule has 0 aromatic rings. The minimum atomic E-state index is -3.36. The quantitative estimate of drug-likeness (QED) is 0.759. The highest BCUT2D eigenvalue weighted by Gasteiger charge is 2.32. The first-order valence-corrected chi connectivity index (χ1v) is 8.26. The van der Waals surface area contributed by atoms with Gasteiger partial charge >= 0.3 is 0 Å². The Morgan fingerprint density at radius 2 is 1.94 bits per heavy atom. The molecule has 1 fully saturated rings. The normalized spacial score (nSPS) is 24.4. The lowest BCUT2D eigenvalue weighted by atomic mass is 10.1. The first kappa shape index (κ1) is 15.9. The van der Waals surface area contributed by atoms with Crippen LogP contribution in [-0.4, -0.2) is 44.9 Å². The summed E-state index contributed by atoms with van der Waals surface area (Å²) in [6.45, 7) is 7.31. The standard InChI is InChI=1S/C12H27N3O2S/c1-10(2)11(3)14-18(16,17)15-8-6-5-7-12(15)9-13-4/h10-14H,5-9H2,1-4H3. The molecule has 1 heterocycles. The summed E-state index contributed by atoms with van der Waals surface area (Å²) in [7, 11) is -1.49. The molecule has 0 amide bonds. The maximum absolute atomic E-state index is 12.4. The van der Waals surface area contributed by atoms with Crippen LogP contribution in [0.4, 0.5) is 0 Å². The SMILES string of the molecule is CNCC1CCCCN1S(=O)(=O)NC(C)C(C)C. The lowest BCUT2D eigenvalue weighted by Gasteiger charge is -2.35. The Labute approximate surface area is 112 Å². The third kappa shape index (κ3) is 4.19. The highest BCUT2D eigenvalue weighted by atomic mass is 32.2. The number of nitrogens with one attached hydrogen (secondary N) is 2. The molecule has 18 heavy (non-hydrogen) atoms. The predicted molar refractivity (Wildman–Crippen MR) is 74.6 cm³/mol. The number of likely N-dealkylation sites (N-methyl/N-ethyl adjacent to an activating group) is 1. The van der Waals surface area contributed by atoms with Gasteiger partial charge < -0.3 is 5.32 Å². The summed E-state index contributed by atoms with van der Waals surface area (Å²) in [5, 5.41) is 3.08. The monoisotopic (exact) mass is 277 g/mol. The van der Waals surface area contributed by atoms with Crippen LogP contribution in [0.1, 0.15) is 40.0 Å². The molecular formula is C12H27N3O2S. The molecule has 0 spiro atoms. The minimum absolute atomic E-state index is 0.0350. The molecule has 2 unspecified atom stereocenters. The smallest absolute Gasteiger partial charge is 0.279 e. The van der Waals surface area contributed by atoms with Gasteiger partial charge in [-0.25, -0.2) is 0 Å². The van der Waals surface area contributed by atoms with Gasteiger partial charge in [-0.15, -0.1) is 0 Å². The minimum Gasteiger partial charge on any atom is -0.318 e. The Morgan fingerprint density at radius 1 is 1.28 bits per heavy atom. The Morgan fingerprint density at radius 3 is 2.50 bits per heavy atom. The van der Waals surface area contributed by atoms with E-state index < -0.39 is 10.2 Å². The van der Waals surface area contributed by atoms with E-state index in [2.05, 4.69) is 10.0 Å². The van der Waals surface area contributed by atoms with Crippen molar-refractivity contribution in [2.75, 3.05) is 20.1 Å². The summed E-state index contributed by atoms with van der Waals surface area (Å²) in [5.74, 6) is 0.298. The summed E-state index contributed by atoms with van der Waals surface area (Å²) in [5.41, 5.74) is 0. The van der Waals surface area contributed by atoms with Crippen LogP contribution in [0.5, 0.6) is 0 Å². The van der Waals surface area contributed by atoms with Gasteiger partial charge in [-0.3, -0.25) is 0 Å². The number of nitrogens with zero attached hydrogens (tertiary/aromatic N) is 1. The van der Waals surface area contributed by atoms with Crippen molar-refractivity contribution in [1.29, 1.82) is 0 Å². The van der Waals surface area contributed by atoms with Crippen LogP contribution < -0.4 is 10.0 Å². The van der Waals surface area contributed by atoms with Crippen molar-refractivity contribution in [3.63, 3.8) is 0 Å². The maximum atomic E-state index is 12.4. The van der Waals surface area contributed by atoms with Crippen LogP contribution in [-0.2, 0) is 10.2 Å². The molecule has 1 saturated heterocycles. The summed E-state index contributed by atoms with van der Waals surface area (Å²) in [4.78, 5) is 0. The van der Waals surface area contributed by atoms with Crippen LogP contribution >= 0.6 is 0 Å². The van der Waals surface area contributed by atoms with Gasteiger partial charge in [-0.1, -0.05) is 20.3 Å². The molecule has 1 aliphatic heterocycles. The van der Waals surface area contributed by atoms with Crippen molar-refractivity contribution in [2.24, 2.45) is 5.92 Å². The summed E-state index contributed by atoms with van der Waals surface area (Å²) in [6, 6.07) is 0.0489. The maximum Gasteiger partial charge on any atom is 0.279 e. The van der Waals surface area contributed by atoms with Crippen LogP contribution in [0.15, 0.2) is 0 Å². The van der Waals surface area contributed by atoms with Gasteiger partial charge in [0.2, 0.25) is 0 Å². The van der Waals surface area contributed by atoms with Crippen molar-refractivity contribution in [1.82, 2.24) is 14.3 Å². The van der Waals surface area contributed by atoms with E-state index in [1.807, 2.05) is 27.8 Å². The molecule has 5 nitrogen and oxygen atoms in total. The zero-order valence-corrected chi connectivity index (χ0v) is 12.8.